The Bertz CT molecular complexity index is 668. The summed E-state index contributed by atoms with van der Waals surface area (Å²) in [6, 6.07) is 13.2. The zero-order valence-electron chi connectivity index (χ0n) is 12.9. The molecule has 0 amide bonds. The van der Waals surface area contributed by atoms with Gasteiger partial charge in [0.15, 0.2) is 5.96 Å². The third-order valence-electron chi connectivity index (χ3n) is 3.71. The van der Waals surface area contributed by atoms with Crippen molar-refractivity contribution in [2.45, 2.75) is 25.4 Å². The Kier molecular flexibility index (Phi) is 5.88. The molecule has 0 aliphatic heterocycles. The standard InChI is InChI=1S/C17H21N3O.HI/c1-18-17(20-15-6-7-15)19-11-12-3-4-14-10-16(21-2)8-5-13(14)9-12;/h3-5,8-10,15H,6-7,11H2,1-2H3,(H2,18,19,20);1H. The molecule has 4 nitrogen and oxygen atoms in total. The van der Waals surface area contributed by atoms with Crippen LogP contribution in [0.4, 0.5) is 0 Å². The Morgan fingerprint density at radius 2 is 1.91 bits per heavy atom. The van der Waals surface area contributed by atoms with Gasteiger partial charge >= 0.3 is 0 Å². The Morgan fingerprint density at radius 3 is 2.59 bits per heavy atom. The predicted molar refractivity (Wildman–Crippen MR) is 102 cm³/mol. The molecule has 2 aromatic rings. The van der Waals surface area contributed by atoms with Crippen molar-refractivity contribution in [1.29, 1.82) is 0 Å². The van der Waals surface area contributed by atoms with Crippen molar-refractivity contribution in [1.82, 2.24) is 10.6 Å². The summed E-state index contributed by atoms with van der Waals surface area (Å²) in [5.41, 5.74) is 1.24. The highest BCUT2D eigenvalue weighted by Gasteiger charge is 2.21. The lowest BCUT2D eigenvalue weighted by Gasteiger charge is -2.11. The number of ether oxygens (including phenoxy) is 1. The number of nitrogens with one attached hydrogen (secondary N) is 2. The molecule has 1 saturated carbocycles. The van der Waals surface area contributed by atoms with Crippen LogP contribution in [0.5, 0.6) is 5.75 Å². The number of methoxy groups -OCH3 is 1. The van der Waals surface area contributed by atoms with Crippen LogP contribution in [0, 0.1) is 0 Å². The first-order chi connectivity index (χ1) is 10.3. The lowest BCUT2D eigenvalue weighted by atomic mass is 10.1. The second-order valence-electron chi connectivity index (χ2n) is 5.39. The molecule has 22 heavy (non-hydrogen) atoms. The number of nitrogens with zero attached hydrogens (tertiary/aromatic N) is 1. The van der Waals surface area contributed by atoms with Crippen LogP contribution in [0.3, 0.4) is 0 Å². The smallest absolute Gasteiger partial charge is 0.191 e. The molecule has 3 rings (SSSR count). The molecule has 0 spiro atoms. The maximum Gasteiger partial charge on any atom is 0.191 e. The fourth-order valence-corrected chi connectivity index (χ4v) is 2.31. The molecule has 0 heterocycles. The summed E-state index contributed by atoms with van der Waals surface area (Å²) < 4.78 is 5.25. The molecule has 0 atom stereocenters. The van der Waals surface area contributed by atoms with Crippen LogP contribution < -0.4 is 15.4 Å². The van der Waals surface area contributed by atoms with E-state index in [2.05, 4.69) is 46.0 Å². The summed E-state index contributed by atoms with van der Waals surface area (Å²) >= 11 is 0. The predicted octanol–water partition coefficient (Wildman–Crippen LogP) is 3.29. The number of hydrogen-bond donors (Lipinski definition) is 2. The molecule has 2 aromatic carbocycles. The number of aliphatic imine (C=N–C) groups is 1. The third-order valence-corrected chi connectivity index (χ3v) is 3.71. The van der Waals surface area contributed by atoms with Gasteiger partial charge in [0.1, 0.15) is 5.75 Å². The average Bonchev–Trinajstić information content (AvgIpc) is 3.34. The number of halogens is 1. The normalized spacial score (nSPS) is 14.4. The van der Waals surface area contributed by atoms with Crippen LogP contribution >= 0.6 is 24.0 Å². The van der Waals surface area contributed by atoms with Gasteiger partial charge in [-0.1, -0.05) is 18.2 Å². The monoisotopic (exact) mass is 411 g/mol. The van der Waals surface area contributed by atoms with E-state index in [9.17, 15) is 0 Å². The van der Waals surface area contributed by atoms with Crippen molar-refractivity contribution in [3.05, 3.63) is 42.0 Å². The van der Waals surface area contributed by atoms with Crippen molar-refractivity contribution in [3.63, 3.8) is 0 Å². The van der Waals surface area contributed by atoms with Gasteiger partial charge in [-0.05, 0) is 47.4 Å². The Morgan fingerprint density at radius 1 is 1.18 bits per heavy atom. The maximum absolute atomic E-state index is 5.25. The Balaban J connectivity index is 0.00000176. The molecule has 1 fully saturated rings. The molecule has 1 aliphatic rings. The van der Waals surface area contributed by atoms with Crippen molar-refractivity contribution in [2.75, 3.05) is 14.2 Å². The number of guanidine groups is 1. The van der Waals surface area contributed by atoms with Crippen molar-refractivity contribution in [2.24, 2.45) is 4.99 Å². The topological polar surface area (TPSA) is 45.7 Å². The van der Waals surface area contributed by atoms with E-state index in [4.69, 9.17) is 4.74 Å². The lowest BCUT2D eigenvalue weighted by Crippen LogP contribution is -2.38. The maximum atomic E-state index is 5.25. The lowest BCUT2D eigenvalue weighted by molar-refractivity contribution is 0.415. The summed E-state index contributed by atoms with van der Waals surface area (Å²) in [4.78, 5) is 4.25. The average molecular weight is 411 g/mol. The second kappa shape index (κ2) is 7.67. The quantitative estimate of drug-likeness (QED) is 0.461. The SMILES string of the molecule is CN=C(NCc1ccc2cc(OC)ccc2c1)NC1CC1.I. The van der Waals surface area contributed by atoms with Crippen LogP contribution in [0.15, 0.2) is 41.4 Å². The Hall–Kier alpha value is -1.50. The van der Waals surface area contributed by atoms with Gasteiger partial charge in [0.25, 0.3) is 0 Å². The zero-order chi connectivity index (χ0) is 14.7. The van der Waals surface area contributed by atoms with E-state index in [0.717, 1.165) is 18.3 Å². The molecule has 0 aromatic heterocycles. The van der Waals surface area contributed by atoms with E-state index in [1.165, 1.54) is 29.2 Å². The summed E-state index contributed by atoms with van der Waals surface area (Å²) in [7, 11) is 3.50. The minimum Gasteiger partial charge on any atom is -0.497 e. The van der Waals surface area contributed by atoms with Crippen molar-refractivity contribution < 1.29 is 4.74 Å². The zero-order valence-corrected chi connectivity index (χ0v) is 15.3. The highest BCUT2D eigenvalue weighted by molar-refractivity contribution is 14.0. The minimum absolute atomic E-state index is 0. The first kappa shape index (κ1) is 16.9. The highest BCUT2D eigenvalue weighted by Crippen LogP contribution is 2.22. The van der Waals surface area contributed by atoms with Crippen LogP contribution in [0.1, 0.15) is 18.4 Å². The molecule has 0 unspecified atom stereocenters. The fraction of sp³-hybridized carbons (Fsp3) is 0.353. The fourth-order valence-electron chi connectivity index (χ4n) is 2.31. The van der Waals surface area contributed by atoms with Crippen LogP contribution in [-0.4, -0.2) is 26.2 Å². The first-order valence-electron chi connectivity index (χ1n) is 7.32. The van der Waals surface area contributed by atoms with Crippen LogP contribution in [0.25, 0.3) is 10.8 Å². The van der Waals surface area contributed by atoms with E-state index in [1.807, 2.05) is 13.1 Å². The number of fused-ring (bicyclic) bond motifs is 1. The minimum atomic E-state index is 0. The van der Waals surface area contributed by atoms with Crippen LogP contribution in [0.2, 0.25) is 0 Å². The molecule has 118 valence electrons. The number of benzene rings is 2. The van der Waals surface area contributed by atoms with E-state index in [-0.39, 0.29) is 24.0 Å². The molecule has 0 bridgehead atoms. The summed E-state index contributed by atoms with van der Waals surface area (Å²) in [6.45, 7) is 0.772. The van der Waals surface area contributed by atoms with Crippen molar-refractivity contribution in [3.8, 4) is 5.75 Å². The molecular weight excluding hydrogens is 389 g/mol. The van der Waals surface area contributed by atoms with Gasteiger partial charge in [0.05, 0.1) is 7.11 Å². The van der Waals surface area contributed by atoms with Crippen molar-refractivity contribution >= 4 is 40.7 Å². The molecule has 1 aliphatic carbocycles. The first-order valence-corrected chi connectivity index (χ1v) is 7.32. The number of rotatable bonds is 4. The van der Waals surface area contributed by atoms with Gasteiger partial charge in [-0.25, -0.2) is 0 Å². The molecule has 2 N–H and O–H groups in total. The highest BCUT2D eigenvalue weighted by atomic mass is 127. The largest absolute Gasteiger partial charge is 0.497 e. The molecule has 0 saturated heterocycles. The summed E-state index contributed by atoms with van der Waals surface area (Å²) in [5, 5.41) is 9.16. The second-order valence-corrected chi connectivity index (χ2v) is 5.39. The molecular formula is C17H22IN3O. The Labute approximate surface area is 148 Å². The van der Waals surface area contributed by atoms with Gasteiger partial charge < -0.3 is 15.4 Å². The van der Waals surface area contributed by atoms with E-state index >= 15 is 0 Å². The molecule has 5 heteroatoms. The third kappa shape index (κ3) is 4.25. The van der Waals surface area contributed by atoms with Gasteiger partial charge in [0, 0.05) is 19.6 Å². The summed E-state index contributed by atoms with van der Waals surface area (Å²) in [6.07, 6.45) is 2.50. The van der Waals surface area contributed by atoms with E-state index in [1.54, 1.807) is 7.11 Å². The van der Waals surface area contributed by atoms with Crippen LogP contribution in [-0.2, 0) is 6.54 Å². The molecule has 0 radical (unpaired) electrons. The number of hydrogen-bond acceptors (Lipinski definition) is 2. The van der Waals surface area contributed by atoms with Gasteiger partial charge in [0.2, 0.25) is 0 Å². The van der Waals surface area contributed by atoms with Gasteiger partial charge in [-0.3, -0.25) is 4.99 Å². The van der Waals surface area contributed by atoms with E-state index in [0.29, 0.717) is 6.04 Å². The van der Waals surface area contributed by atoms with Gasteiger partial charge in [-0.15, -0.1) is 24.0 Å². The van der Waals surface area contributed by atoms with Gasteiger partial charge in [-0.2, -0.15) is 0 Å². The van der Waals surface area contributed by atoms with E-state index < -0.39 is 0 Å². The summed E-state index contributed by atoms with van der Waals surface area (Å²) in [5.74, 6) is 1.77.